The quantitative estimate of drug-likeness (QED) is 0.868. The van der Waals surface area contributed by atoms with Crippen LogP contribution in [0.3, 0.4) is 0 Å². The molecule has 0 unspecified atom stereocenters. The highest BCUT2D eigenvalue weighted by molar-refractivity contribution is 5.41. The largest absolute Gasteiger partial charge is 0.384 e. The zero-order chi connectivity index (χ0) is 13.7. The fourth-order valence-electron chi connectivity index (χ4n) is 2.45. The van der Waals surface area contributed by atoms with Crippen molar-refractivity contribution in [1.29, 1.82) is 0 Å². The van der Waals surface area contributed by atoms with Gasteiger partial charge in [-0.15, -0.1) is 0 Å². The highest BCUT2D eigenvalue weighted by atomic mass is 15.2. The second-order valence-corrected chi connectivity index (χ2v) is 7.82. The first-order valence-electron chi connectivity index (χ1n) is 6.97. The Morgan fingerprint density at radius 2 is 1.72 bits per heavy atom. The molecule has 0 aromatic carbocycles. The second kappa shape index (κ2) is 4.01. The monoisotopic (exact) mass is 249 g/mol. The number of imidazole rings is 1. The van der Waals surface area contributed by atoms with Crippen LogP contribution in [0.4, 0.5) is 5.82 Å². The minimum Gasteiger partial charge on any atom is -0.384 e. The lowest BCUT2D eigenvalue weighted by Gasteiger charge is -2.25. The first-order chi connectivity index (χ1) is 8.09. The molecule has 102 valence electrons. The van der Waals surface area contributed by atoms with Gasteiger partial charge in [-0.3, -0.25) is 0 Å². The molecular formula is C15H27N3. The van der Waals surface area contributed by atoms with Gasteiger partial charge in [-0.2, -0.15) is 0 Å². The number of hydrogen-bond acceptors (Lipinski definition) is 2. The molecule has 3 heteroatoms. The average molecular weight is 249 g/mol. The number of hydrogen-bond donors (Lipinski definition) is 1. The standard InChI is InChI=1S/C15H27N3/c1-14(2,3)9-11-12(16)18(15(4,5)6)13(17-11)10-7-8-10/h10H,7-9,16H2,1-6H3. The van der Waals surface area contributed by atoms with Crippen molar-refractivity contribution in [2.75, 3.05) is 5.73 Å². The molecule has 1 aromatic heterocycles. The molecule has 1 aliphatic carbocycles. The van der Waals surface area contributed by atoms with Gasteiger partial charge in [0, 0.05) is 11.5 Å². The van der Waals surface area contributed by atoms with E-state index in [0.717, 1.165) is 17.9 Å². The summed E-state index contributed by atoms with van der Waals surface area (Å²) < 4.78 is 2.26. The predicted molar refractivity (Wildman–Crippen MR) is 76.8 cm³/mol. The maximum Gasteiger partial charge on any atom is 0.127 e. The number of nitrogen functional groups attached to an aromatic ring is 1. The van der Waals surface area contributed by atoms with Crippen molar-refractivity contribution in [3.63, 3.8) is 0 Å². The van der Waals surface area contributed by atoms with Gasteiger partial charge in [0.2, 0.25) is 0 Å². The Labute approximate surface area is 111 Å². The first kappa shape index (κ1) is 13.4. The Hall–Kier alpha value is -0.990. The summed E-state index contributed by atoms with van der Waals surface area (Å²) in [5.41, 5.74) is 7.69. The van der Waals surface area contributed by atoms with Crippen LogP contribution in [0.5, 0.6) is 0 Å². The van der Waals surface area contributed by atoms with E-state index >= 15 is 0 Å². The van der Waals surface area contributed by atoms with Gasteiger partial charge in [-0.1, -0.05) is 20.8 Å². The van der Waals surface area contributed by atoms with Gasteiger partial charge in [-0.25, -0.2) is 4.98 Å². The van der Waals surface area contributed by atoms with E-state index in [1.54, 1.807) is 0 Å². The Balaban J connectivity index is 2.44. The van der Waals surface area contributed by atoms with E-state index in [2.05, 4.69) is 46.1 Å². The van der Waals surface area contributed by atoms with Crippen LogP contribution in [0, 0.1) is 5.41 Å². The minimum atomic E-state index is 0.0190. The van der Waals surface area contributed by atoms with Gasteiger partial charge >= 0.3 is 0 Å². The third-order valence-corrected chi connectivity index (χ3v) is 3.33. The molecule has 1 fully saturated rings. The zero-order valence-electron chi connectivity index (χ0n) is 12.7. The summed E-state index contributed by atoms with van der Waals surface area (Å²) in [6, 6.07) is 0. The molecule has 1 aliphatic rings. The van der Waals surface area contributed by atoms with Crippen molar-refractivity contribution >= 4 is 5.82 Å². The fraction of sp³-hybridized carbons (Fsp3) is 0.800. The molecule has 0 aliphatic heterocycles. The molecule has 0 atom stereocenters. The maximum absolute atomic E-state index is 6.36. The third kappa shape index (κ3) is 2.70. The molecule has 18 heavy (non-hydrogen) atoms. The lowest BCUT2D eigenvalue weighted by molar-refractivity contribution is 0.386. The Morgan fingerprint density at radius 3 is 2.11 bits per heavy atom. The Bertz CT molecular complexity index is 440. The molecule has 1 heterocycles. The normalized spacial score (nSPS) is 17.2. The molecular weight excluding hydrogens is 222 g/mol. The molecule has 3 nitrogen and oxygen atoms in total. The van der Waals surface area contributed by atoms with Crippen molar-refractivity contribution in [1.82, 2.24) is 9.55 Å². The highest BCUT2D eigenvalue weighted by Crippen LogP contribution is 2.43. The SMILES string of the molecule is CC(C)(C)Cc1nc(C2CC2)n(C(C)(C)C)c1N. The summed E-state index contributed by atoms with van der Waals surface area (Å²) in [4.78, 5) is 4.86. The highest BCUT2D eigenvalue weighted by Gasteiger charge is 2.34. The summed E-state index contributed by atoms with van der Waals surface area (Å²) in [7, 11) is 0. The molecule has 0 amide bonds. The molecule has 2 rings (SSSR count). The fourth-order valence-corrected chi connectivity index (χ4v) is 2.45. The minimum absolute atomic E-state index is 0.0190. The lowest BCUT2D eigenvalue weighted by atomic mass is 9.90. The van der Waals surface area contributed by atoms with Crippen molar-refractivity contribution < 1.29 is 0 Å². The van der Waals surface area contributed by atoms with E-state index in [1.165, 1.54) is 18.7 Å². The van der Waals surface area contributed by atoms with Crippen LogP contribution in [0.15, 0.2) is 0 Å². The van der Waals surface area contributed by atoms with Gasteiger partial charge in [0.15, 0.2) is 0 Å². The molecule has 2 N–H and O–H groups in total. The summed E-state index contributed by atoms with van der Waals surface area (Å²) in [6.07, 6.45) is 3.48. The van der Waals surface area contributed by atoms with E-state index in [1.807, 2.05) is 0 Å². The van der Waals surface area contributed by atoms with Gasteiger partial charge in [0.1, 0.15) is 11.6 Å². The lowest BCUT2D eigenvalue weighted by Crippen LogP contribution is -2.25. The zero-order valence-corrected chi connectivity index (χ0v) is 12.7. The Kier molecular flexibility index (Phi) is 2.99. The van der Waals surface area contributed by atoms with Gasteiger partial charge in [-0.05, 0) is 45.4 Å². The van der Waals surface area contributed by atoms with Crippen LogP contribution in [0.2, 0.25) is 0 Å². The number of anilines is 1. The summed E-state index contributed by atoms with van der Waals surface area (Å²) >= 11 is 0. The van der Waals surface area contributed by atoms with E-state index < -0.39 is 0 Å². The second-order valence-electron chi connectivity index (χ2n) is 7.82. The topological polar surface area (TPSA) is 43.8 Å². The van der Waals surface area contributed by atoms with Crippen LogP contribution in [0.1, 0.15) is 71.8 Å². The Morgan fingerprint density at radius 1 is 1.17 bits per heavy atom. The van der Waals surface area contributed by atoms with Gasteiger partial charge in [0.25, 0.3) is 0 Å². The predicted octanol–water partition coefficient (Wildman–Crippen LogP) is 3.69. The number of nitrogens with zero attached hydrogens (tertiary/aromatic N) is 2. The number of nitrogens with two attached hydrogens (primary N) is 1. The number of aromatic nitrogens is 2. The van der Waals surface area contributed by atoms with Crippen LogP contribution >= 0.6 is 0 Å². The molecule has 0 saturated heterocycles. The first-order valence-corrected chi connectivity index (χ1v) is 6.97. The van der Waals surface area contributed by atoms with Gasteiger partial charge < -0.3 is 10.3 Å². The van der Waals surface area contributed by atoms with E-state index in [9.17, 15) is 0 Å². The van der Waals surface area contributed by atoms with E-state index in [0.29, 0.717) is 5.92 Å². The van der Waals surface area contributed by atoms with Crippen LogP contribution in [-0.4, -0.2) is 9.55 Å². The molecule has 0 spiro atoms. The van der Waals surface area contributed by atoms with Crippen LogP contribution < -0.4 is 5.73 Å². The van der Waals surface area contributed by atoms with Crippen molar-refractivity contribution in [3.8, 4) is 0 Å². The molecule has 1 saturated carbocycles. The smallest absolute Gasteiger partial charge is 0.127 e. The van der Waals surface area contributed by atoms with Crippen molar-refractivity contribution in [2.24, 2.45) is 5.41 Å². The molecule has 1 aromatic rings. The molecule has 0 radical (unpaired) electrons. The third-order valence-electron chi connectivity index (χ3n) is 3.33. The van der Waals surface area contributed by atoms with Crippen molar-refractivity contribution in [3.05, 3.63) is 11.5 Å². The van der Waals surface area contributed by atoms with Crippen LogP contribution in [0.25, 0.3) is 0 Å². The number of rotatable bonds is 2. The van der Waals surface area contributed by atoms with Crippen LogP contribution in [-0.2, 0) is 12.0 Å². The summed E-state index contributed by atoms with van der Waals surface area (Å²) in [5, 5.41) is 0. The summed E-state index contributed by atoms with van der Waals surface area (Å²) in [5.74, 6) is 2.72. The average Bonchev–Trinajstić information content (AvgIpc) is 2.89. The maximum atomic E-state index is 6.36. The molecule has 0 bridgehead atoms. The summed E-state index contributed by atoms with van der Waals surface area (Å²) in [6.45, 7) is 13.3. The van der Waals surface area contributed by atoms with E-state index in [4.69, 9.17) is 10.7 Å². The van der Waals surface area contributed by atoms with E-state index in [-0.39, 0.29) is 11.0 Å². The van der Waals surface area contributed by atoms with Crippen molar-refractivity contribution in [2.45, 2.75) is 72.3 Å². The van der Waals surface area contributed by atoms with Gasteiger partial charge in [0.05, 0.1) is 5.69 Å².